The third-order valence-corrected chi connectivity index (χ3v) is 11.4. The molecule has 4 aliphatic carbocycles. The summed E-state index contributed by atoms with van der Waals surface area (Å²) >= 11 is 0. The fraction of sp³-hybridized carbons (Fsp3) is 0.935. The van der Waals surface area contributed by atoms with E-state index >= 15 is 0 Å². The predicted molar refractivity (Wildman–Crippen MR) is 140 cm³/mol. The molecule has 4 nitrogen and oxygen atoms in total. The van der Waals surface area contributed by atoms with Gasteiger partial charge in [0.15, 0.2) is 0 Å². The highest BCUT2D eigenvalue weighted by molar-refractivity contribution is 5.66. The Morgan fingerprint density at radius 2 is 1.63 bits per heavy atom. The van der Waals surface area contributed by atoms with Gasteiger partial charge in [-0.1, -0.05) is 47.0 Å². The summed E-state index contributed by atoms with van der Waals surface area (Å²) in [6.45, 7) is 13.5. The molecular formula is C31H52O4. The first-order valence-electron chi connectivity index (χ1n) is 14.9. The van der Waals surface area contributed by atoms with E-state index in [2.05, 4.69) is 27.7 Å². The molecule has 4 aliphatic rings. The van der Waals surface area contributed by atoms with E-state index in [1.54, 1.807) is 6.92 Å². The van der Waals surface area contributed by atoms with Gasteiger partial charge in [-0.05, 0) is 105 Å². The van der Waals surface area contributed by atoms with Crippen LogP contribution in [0, 0.1) is 52.3 Å². The highest BCUT2D eigenvalue weighted by Crippen LogP contribution is 2.68. The van der Waals surface area contributed by atoms with Gasteiger partial charge in [-0.3, -0.25) is 9.59 Å². The molecule has 0 aliphatic heterocycles. The van der Waals surface area contributed by atoms with Gasteiger partial charge >= 0.3 is 11.9 Å². The Bertz CT molecular complexity index is 761. The van der Waals surface area contributed by atoms with Crippen molar-refractivity contribution >= 4 is 11.9 Å². The molecule has 0 aromatic rings. The van der Waals surface area contributed by atoms with E-state index in [4.69, 9.17) is 9.47 Å². The van der Waals surface area contributed by atoms with Crippen LogP contribution in [-0.2, 0) is 19.1 Å². The van der Waals surface area contributed by atoms with Crippen molar-refractivity contribution in [2.24, 2.45) is 52.3 Å². The predicted octanol–water partition coefficient (Wildman–Crippen LogP) is 7.58. The van der Waals surface area contributed by atoms with Crippen LogP contribution in [0.15, 0.2) is 0 Å². The molecule has 0 aromatic heterocycles. The lowest BCUT2D eigenvalue weighted by molar-refractivity contribution is -0.186. The molecule has 9 unspecified atom stereocenters. The van der Waals surface area contributed by atoms with Gasteiger partial charge in [0.05, 0.1) is 6.61 Å². The Morgan fingerprint density at radius 1 is 0.886 bits per heavy atom. The van der Waals surface area contributed by atoms with Gasteiger partial charge < -0.3 is 9.47 Å². The van der Waals surface area contributed by atoms with Crippen LogP contribution < -0.4 is 0 Å². The van der Waals surface area contributed by atoms with Crippen molar-refractivity contribution < 1.29 is 19.1 Å². The fourth-order valence-electron chi connectivity index (χ4n) is 9.93. The van der Waals surface area contributed by atoms with E-state index in [1.165, 1.54) is 64.7 Å². The summed E-state index contributed by atoms with van der Waals surface area (Å²) in [5, 5.41) is 0. The summed E-state index contributed by atoms with van der Waals surface area (Å²) in [5.41, 5.74) is 0.438. The van der Waals surface area contributed by atoms with E-state index in [9.17, 15) is 9.59 Å². The third-order valence-electron chi connectivity index (χ3n) is 11.4. The van der Waals surface area contributed by atoms with Crippen LogP contribution in [0.2, 0.25) is 0 Å². The van der Waals surface area contributed by atoms with E-state index in [-0.39, 0.29) is 23.5 Å². The normalized spacial score (nSPS) is 41.5. The average Bonchev–Trinajstić information content (AvgIpc) is 3.14. The minimum atomic E-state index is -0.176. The van der Waals surface area contributed by atoms with Crippen molar-refractivity contribution in [1.82, 2.24) is 0 Å². The topological polar surface area (TPSA) is 52.6 Å². The molecule has 0 radical (unpaired) electrons. The van der Waals surface area contributed by atoms with Crippen molar-refractivity contribution in [1.29, 1.82) is 0 Å². The monoisotopic (exact) mass is 488 g/mol. The molecule has 9 atom stereocenters. The van der Waals surface area contributed by atoms with Crippen LogP contribution in [0.1, 0.15) is 119 Å². The van der Waals surface area contributed by atoms with E-state index in [1.807, 2.05) is 0 Å². The van der Waals surface area contributed by atoms with E-state index in [0.29, 0.717) is 23.9 Å². The smallest absolute Gasteiger partial charge is 0.302 e. The Morgan fingerprint density at radius 3 is 2.31 bits per heavy atom. The van der Waals surface area contributed by atoms with Crippen molar-refractivity contribution in [2.45, 2.75) is 125 Å². The van der Waals surface area contributed by atoms with Gasteiger partial charge in [0.25, 0.3) is 0 Å². The number of carbonyl (C=O) groups is 2. The van der Waals surface area contributed by atoms with Gasteiger partial charge in [-0.15, -0.1) is 0 Å². The second-order valence-corrected chi connectivity index (χ2v) is 13.7. The summed E-state index contributed by atoms with van der Waals surface area (Å²) in [6, 6.07) is 0. The molecule has 0 saturated heterocycles. The zero-order chi connectivity index (χ0) is 25.4. The molecule has 4 rings (SSSR count). The summed E-state index contributed by atoms with van der Waals surface area (Å²) in [7, 11) is 0. The minimum absolute atomic E-state index is 0.0186. The highest BCUT2D eigenvalue weighted by atomic mass is 16.5. The number of carbonyl (C=O) groups excluding carboxylic acids is 2. The average molecular weight is 489 g/mol. The van der Waals surface area contributed by atoms with Crippen LogP contribution in [0.3, 0.4) is 0 Å². The lowest BCUT2D eigenvalue weighted by Crippen LogP contribution is -2.58. The van der Waals surface area contributed by atoms with Gasteiger partial charge in [-0.25, -0.2) is 0 Å². The minimum Gasteiger partial charge on any atom is -0.465 e. The molecule has 0 spiro atoms. The van der Waals surface area contributed by atoms with Gasteiger partial charge in [0, 0.05) is 19.3 Å². The Labute approximate surface area is 214 Å². The van der Waals surface area contributed by atoms with Crippen LogP contribution in [0.25, 0.3) is 0 Å². The Kier molecular flexibility index (Phi) is 8.28. The van der Waals surface area contributed by atoms with E-state index < -0.39 is 0 Å². The summed E-state index contributed by atoms with van der Waals surface area (Å²) in [6.07, 6.45) is 14.9. The number of hydrogen-bond acceptors (Lipinski definition) is 4. The molecule has 4 heteroatoms. The lowest BCUT2D eigenvalue weighted by Gasteiger charge is -2.62. The van der Waals surface area contributed by atoms with Crippen molar-refractivity contribution in [3.63, 3.8) is 0 Å². The first-order chi connectivity index (χ1) is 16.6. The number of rotatable bonds is 8. The zero-order valence-electron chi connectivity index (χ0n) is 23.4. The summed E-state index contributed by atoms with van der Waals surface area (Å²) < 4.78 is 11.6. The number of esters is 2. The van der Waals surface area contributed by atoms with Crippen LogP contribution in [-0.4, -0.2) is 24.6 Å². The number of fused-ring (bicyclic) bond motifs is 5. The summed E-state index contributed by atoms with van der Waals surface area (Å²) in [4.78, 5) is 23.8. The second-order valence-electron chi connectivity index (χ2n) is 13.7. The van der Waals surface area contributed by atoms with Crippen LogP contribution in [0.5, 0.6) is 0 Å². The fourth-order valence-corrected chi connectivity index (χ4v) is 9.93. The first kappa shape index (κ1) is 27.0. The SMILES string of the molecule is CC(=O)OCC12CC(OC(C)=O)CCC1CCC1C3CCC(C(C)CCCC(C)C)C3(C)CCC12. The molecule has 0 amide bonds. The molecule has 35 heavy (non-hydrogen) atoms. The standard InChI is InChI=1S/C31H52O4/c1-20(2)8-7-9-21(3)27-14-15-28-26-13-11-24-10-12-25(35-23(5)33)18-31(24,19-34-22(4)32)29(26)16-17-30(27,28)6/h20-21,24-29H,7-19H2,1-6H3. The molecule has 4 fully saturated rings. The van der Waals surface area contributed by atoms with E-state index in [0.717, 1.165) is 48.9 Å². The molecule has 200 valence electrons. The van der Waals surface area contributed by atoms with Gasteiger partial charge in [-0.2, -0.15) is 0 Å². The van der Waals surface area contributed by atoms with Crippen molar-refractivity contribution in [2.75, 3.05) is 6.61 Å². The van der Waals surface area contributed by atoms with Gasteiger partial charge in [0.2, 0.25) is 0 Å². The third kappa shape index (κ3) is 5.33. The lowest BCUT2D eigenvalue weighted by atomic mass is 9.44. The zero-order valence-corrected chi connectivity index (χ0v) is 23.4. The summed E-state index contributed by atoms with van der Waals surface area (Å²) in [5.74, 6) is 4.82. The van der Waals surface area contributed by atoms with Crippen LogP contribution in [0.4, 0.5) is 0 Å². The molecule has 0 aromatic carbocycles. The number of ether oxygens (including phenoxy) is 2. The van der Waals surface area contributed by atoms with Crippen LogP contribution >= 0.6 is 0 Å². The number of hydrogen-bond donors (Lipinski definition) is 0. The largest absolute Gasteiger partial charge is 0.465 e. The van der Waals surface area contributed by atoms with Crippen molar-refractivity contribution in [3.8, 4) is 0 Å². The second kappa shape index (κ2) is 10.7. The van der Waals surface area contributed by atoms with Crippen molar-refractivity contribution in [3.05, 3.63) is 0 Å². The Balaban J connectivity index is 1.54. The maximum atomic E-state index is 11.9. The maximum Gasteiger partial charge on any atom is 0.302 e. The molecule has 0 bridgehead atoms. The highest BCUT2D eigenvalue weighted by Gasteiger charge is 2.62. The molecule has 0 heterocycles. The quantitative estimate of drug-likeness (QED) is 0.330. The maximum absolute atomic E-state index is 11.9. The Hall–Kier alpha value is -1.06. The molecule has 4 saturated carbocycles. The van der Waals surface area contributed by atoms with Gasteiger partial charge in [0.1, 0.15) is 6.10 Å². The molecular weight excluding hydrogens is 436 g/mol. The first-order valence-corrected chi connectivity index (χ1v) is 14.9. The molecule has 0 N–H and O–H groups in total.